The van der Waals surface area contributed by atoms with Crippen molar-refractivity contribution in [2.75, 3.05) is 18.1 Å². The first-order chi connectivity index (χ1) is 10.2. The number of hydrogen-bond acceptors (Lipinski definition) is 4. The lowest BCUT2D eigenvalue weighted by atomic mass is 10.1. The Morgan fingerprint density at radius 3 is 2.76 bits per heavy atom. The smallest absolute Gasteiger partial charge is 0.123 e. The molecule has 3 N–H and O–H groups in total. The van der Waals surface area contributed by atoms with E-state index in [9.17, 15) is 9.32 Å². The lowest BCUT2D eigenvalue weighted by molar-refractivity contribution is 0.125. The summed E-state index contributed by atoms with van der Waals surface area (Å²) < 4.78 is 17.6. The van der Waals surface area contributed by atoms with Crippen LogP contribution in [-0.4, -0.2) is 33.5 Å². The summed E-state index contributed by atoms with van der Waals surface area (Å²) in [5, 5.41) is 9.97. The highest BCUT2D eigenvalue weighted by atomic mass is 32.2. The molecule has 2 unspecified atom stereocenters. The molecule has 118 valence electrons. The van der Waals surface area contributed by atoms with Gasteiger partial charge in [-0.25, -0.2) is 0 Å². The fourth-order valence-electron chi connectivity index (χ4n) is 2.77. The van der Waals surface area contributed by atoms with E-state index in [0.29, 0.717) is 24.0 Å². The minimum Gasteiger partial charge on any atom is -0.491 e. The van der Waals surface area contributed by atoms with Crippen molar-refractivity contribution >= 4 is 10.8 Å². The minimum absolute atomic E-state index is 0.160. The van der Waals surface area contributed by atoms with Crippen molar-refractivity contribution in [3.8, 4) is 5.75 Å². The van der Waals surface area contributed by atoms with E-state index < -0.39 is 16.9 Å². The van der Waals surface area contributed by atoms with Gasteiger partial charge in [0.15, 0.2) is 0 Å². The molecule has 1 saturated carbocycles. The van der Waals surface area contributed by atoms with Crippen LogP contribution in [0.3, 0.4) is 0 Å². The number of nitrogens with two attached hydrogens (primary N) is 1. The first-order valence-corrected chi connectivity index (χ1v) is 9.11. The van der Waals surface area contributed by atoms with Gasteiger partial charge in [-0.1, -0.05) is 31.0 Å². The maximum Gasteiger partial charge on any atom is 0.123 e. The third-order valence-corrected chi connectivity index (χ3v) is 5.50. The van der Waals surface area contributed by atoms with Crippen LogP contribution < -0.4 is 10.5 Å². The third-order valence-electron chi connectivity index (χ3n) is 3.90. The highest BCUT2D eigenvalue weighted by Crippen LogP contribution is 2.25. The van der Waals surface area contributed by atoms with Crippen LogP contribution in [0.2, 0.25) is 0 Å². The summed E-state index contributed by atoms with van der Waals surface area (Å²) in [7, 11) is -0.960. The Bertz CT molecular complexity index is 461. The fourth-order valence-corrected chi connectivity index (χ4v) is 4.29. The Kier molecular flexibility index (Phi) is 6.67. The number of para-hydroxylation sites is 1. The fraction of sp³-hybridized carbons (Fsp3) is 0.625. The monoisotopic (exact) mass is 311 g/mol. The maximum atomic E-state index is 12.0. The molecule has 1 aromatic carbocycles. The second kappa shape index (κ2) is 8.51. The third kappa shape index (κ3) is 5.41. The van der Waals surface area contributed by atoms with Gasteiger partial charge in [0.1, 0.15) is 12.4 Å². The standard InChI is InChI=1S/C16H25NO3S/c17-9-14-7-3-4-8-16(14)20-10-15(18)12-21(19)11-13-5-1-2-6-13/h3-4,7-8,13,15,18H,1-2,5-6,9-12,17H2. The molecule has 0 saturated heterocycles. The van der Waals surface area contributed by atoms with E-state index in [0.717, 1.165) is 11.3 Å². The summed E-state index contributed by atoms with van der Waals surface area (Å²) in [5.74, 6) is 2.29. The van der Waals surface area contributed by atoms with Gasteiger partial charge in [-0.15, -0.1) is 0 Å². The summed E-state index contributed by atoms with van der Waals surface area (Å²) in [6.07, 6.45) is 4.18. The van der Waals surface area contributed by atoms with Crippen LogP contribution in [0.15, 0.2) is 24.3 Å². The largest absolute Gasteiger partial charge is 0.491 e. The van der Waals surface area contributed by atoms with Crippen molar-refractivity contribution in [2.24, 2.45) is 11.7 Å². The van der Waals surface area contributed by atoms with Gasteiger partial charge in [0.2, 0.25) is 0 Å². The van der Waals surface area contributed by atoms with E-state index in [1.54, 1.807) is 0 Å². The maximum absolute atomic E-state index is 12.0. The summed E-state index contributed by atoms with van der Waals surface area (Å²) >= 11 is 0. The highest BCUT2D eigenvalue weighted by Gasteiger charge is 2.19. The molecule has 0 heterocycles. The number of rotatable bonds is 8. The van der Waals surface area contributed by atoms with Gasteiger partial charge >= 0.3 is 0 Å². The van der Waals surface area contributed by atoms with Crippen LogP contribution in [0.25, 0.3) is 0 Å². The van der Waals surface area contributed by atoms with E-state index >= 15 is 0 Å². The van der Waals surface area contributed by atoms with Crippen LogP contribution in [0.4, 0.5) is 0 Å². The average molecular weight is 311 g/mol. The normalized spacial score (nSPS) is 18.6. The van der Waals surface area contributed by atoms with E-state index in [4.69, 9.17) is 10.5 Å². The van der Waals surface area contributed by atoms with Gasteiger partial charge < -0.3 is 15.6 Å². The van der Waals surface area contributed by atoms with Gasteiger partial charge in [-0.3, -0.25) is 4.21 Å². The van der Waals surface area contributed by atoms with Crippen molar-refractivity contribution in [1.82, 2.24) is 0 Å². The second-order valence-corrected chi connectivity index (χ2v) is 7.25. The molecule has 1 fully saturated rings. The Morgan fingerprint density at radius 2 is 2.05 bits per heavy atom. The Balaban J connectivity index is 1.73. The molecule has 0 spiro atoms. The molecule has 21 heavy (non-hydrogen) atoms. The predicted octanol–water partition coefficient (Wildman–Crippen LogP) is 1.82. The molecule has 0 radical (unpaired) electrons. The summed E-state index contributed by atoms with van der Waals surface area (Å²) in [5.41, 5.74) is 6.55. The molecule has 1 aliphatic rings. The molecule has 0 amide bonds. The topological polar surface area (TPSA) is 72.6 Å². The molecule has 2 rings (SSSR count). The molecular formula is C16H25NO3S. The highest BCUT2D eigenvalue weighted by molar-refractivity contribution is 7.85. The van der Waals surface area contributed by atoms with E-state index in [1.165, 1.54) is 25.7 Å². The lowest BCUT2D eigenvalue weighted by Crippen LogP contribution is -2.26. The Morgan fingerprint density at radius 1 is 1.33 bits per heavy atom. The molecule has 1 aliphatic carbocycles. The van der Waals surface area contributed by atoms with Gasteiger partial charge in [0.25, 0.3) is 0 Å². The first kappa shape index (κ1) is 16.5. The zero-order chi connectivity index (χ0) is 15.1. The van der Waals surface area contributed by atoms with Gasteiger partial charge in [0.05, 0.1) is 11.9 Å². The van der Waals surface area contributed by atoms with Crippen molar-refractivity contribution in [3.63, 3.8) is 0 Å². The van der Waals surface area contributed by atoms with Gasteiger partial charge in [-0.2, -0.15) is 0 Å². The quantitative estimate of drug-likeness (QED) is 0.768. The zero-order valence-corrected chi connectivity index (χ0v) is 13.2. The zero-order valence-electron chi connectivity index (χ0n) is 12.4. The van der Waals surface area contributed by atoms with Crippen LogP contribution in [-0.2, 0) is 17.3 Å². The number of ether oxygens (including phenoxy) is 1. The molecule has 0 aromatic heterocycles. The second-order valence-electron chi connectivity index (χ2n) is 5.70. The summed E-state index contributed by atoms with van der Waals surface area (Å²) in [6.45, 7) is 0.563. The molecule has 0 bridgehead atoms. The minimum atomic E-state index is -0.960. The van der Waals surface area contributed by atoms with Crippen molar-refractivity contribution in [1.29, 1.82) is 0 Å². The molecule has 2 atom stereocenters. The number of benzene rings is 1. The van der Waals surface area contributed by atoms with Crippen molar-refractivity contribution in [2.45, 2.75) is 38.3 Å². The van der Waals surface area contributed by atoms with Gasteiger partial charge in [-0.05, 0) is 24.8 Å². The van der Waals surface area contributed by atoms with Crippen molar-refractivity contribution < 1.29 is 14.1 Å². The Labute approximate surface area is 129 Å². The molecule has 5 heteroatoms. The van der Waals surface area contributed by atoms with Gasteiger partial charge in [0, 0.05) is 28.7 Å². The van der Waals surface area contributed by atoms with Crippen LogP contribution in [0, 0.1) is 5.92 Å². The van der Waals surface area contributed by atoms with Crippen molar-refractivity contribution in [3.05, 3.63) is 29.8 Å². The average Bonchev–Trinajstić information content (AvgIpc) is 2.98. The van der Waals surface area contributed by atoms with E-state index in [1.807, 2.05) is 24.3 Å². The van der Waals surface area contributed by atoms with Crippen LogP contribution >= 0.6 is 0 Å². The Hall–Kier alpha value is -0.910. The number of aliphatic hydroxyl groups excluding tert-OH is 1. The molecular weight excluding hydrogens is 286 g/mol. The molecule has 0 aliphatic heterocycles. The summed E-state index contributed by atoms with van der Waals surface area (Å²) in [4.78, 5) is 0. The lowest BCUT2D eigenvalue weighted by Gasteiger charge is -2.15. The first-order valence-electron chi connectivity index (χ1n) is 7.63. The number of hydrogen-bond donors (Lipinski definition) is 2. The van der Waals surface area contributed by atoms with E-state index in [2.05, 4.69) is 0 Å². The van der Waals surface area contributed by atoms with Crippen LogP contribution in [0.5, 0.6) is 5.75 Å². The van der Waals surface area contributed by atoms with E-state index in [-0.39, 0.29) is 6.61 Å². The number of aliphatic hydroxyl groups is 1. The molecule has 4 nitrogen and oxygen atoms in total. The van der Waals surface area contributed by atoms with Crippen LogP contribution in [0.1, 0.15) is 31.2 Å². The summed E-state index contributed by atoms with van der Waals surface area (Å²) in [6, 6.07) is 7.52. The molecule has 1 aromatic rings. The SMILES string of the molecule is NCc1ccccc1OCC(O)CS(=O)CC1CCCC1. The predicted molar refractivity (Wildman–Crippen MR) is 85.7 cm³/mol.